The minimum Gasteiger partial charge on any atom is -0.366 e. The number of aryl methyl sites for hydroxylation is 1. The molecule has 0 aliphatic heterocycles. The molecule has 70 valence electrons. The lowest BCUT2D eigenvalue weighted by atomic mass is 9.88. The maximum Gasteiger partial charge on any atom is 0.148 e. The smallest absolute Gasteiger partial charge is 0.148 e. The van der Waals surface area contributed by atoms with Crippen LogP contribution in [0.5, 0.6) is 0 Å². The summed E-state index contributed by atoms with van der Waals surface area (Å²) in [5.74, 6) is 0.850. The molecule has 1 aliphatic carbocycles. The Morgan fingerprint density at radius 2 is 2.15 bits per heavy atom. The Morgan fingerprint density at radius 1 is 1.38 bits per heavy atom. The summed E-state index contributed by atoms with van der Waals surface area (Å²) in [6.45, 7) is 1.93. The van der Waals surface area contributed by atoms with Gasteiger partial charge in [0, 0.05) is 12.1 Å². The Labute approximate surface area is 77.5 Å². The lowest BCUT2D eigenvalue weighted by Crippen LogP contribution is -2.44. The second-order valence-electron chi connectivity index (χ2n) is 3.63. The zero-order chi connectivity index (χ0) is 9.26. The molecule has 13 heavy (non-hydrogen) atoms. The fourth-order valence-corrected chi connectivity index (χ4v) is 1.46. The van der Waals surface area contributed by atoms with Gasteiger partial charge in [0.25, 0.3) is 0 Å². The van der Waals surface area contributed by atoms with Crippen LogP contribution in [0.15, 0.2) is 12.1 Å². The summed E-state index contributed by atoms with van der Waals surface area (Å²) in [4.78, 5) is 0. The second kappa shape index (κ2) is 3.30. The van der Waals surface area contributed by atoms with Gasteiger partial charge >= 0.3 is 0 Å². The Balaban J connectivity index is 1.91. The van der Waals surface area contributed by atoms with Gasteiger partial charge in [0.15, 0.2) is 0 Å². The molecule has 0 radical (unpaired) electrons. The van der Waals surface area contributed by atoms with E-state index in [1.54, 1.807) is 0 Å². The molecule has 3 N–H and O–H groups in total. The average Bonchev–Trinajstić information content (AvgIpc) is 2.06. The summed E-state index contributed by atoms with van der Waals surface area (Å²) in [7, 11) is 0. The summed E-state index contributed by atoms with van der Waals surface area (Å²) >= 11 is 0. The molecule has 0 unspecified atom stereocenters. The maximum atomic E-state index is 5.67. The van der Waals surface area contributed by atoms with E-state index in [0.29, 0.717) is 12.1 Å². The van der Waals surface area contributed by atoms with Crippen LogP contribution in [0.25, 0.3) is 0 Å². The van der Waals surface area contributed by atoms with Gasteiger partial charge in [0.2, 0.25) is 0 Å². The minimum absolute atomic E-state index is 0.371. The number of aromatic nitrogens is 2. The maximum absolute atomic E-state index is 5.67. The highest BCUT2D eigenvalue weighted by molar-refractivity contribution is 5.35. The van der Waals surface area contributed by atoms with Crippen LogP contribution in [0.1, 0.15) is 18.5 Å². The van der Waals surface area contributed by atoms with Gasteiger partial charge < -0.3 is 11.1 Å². The molecule has 2 rings (SSSR count). The minimum atomic E-state index is 0.371. The molecule has 1 heterocycles. The molecule has 1 aromatic rings. The molecule has 0 spiro atoms. The van der Waals surface area contributed by atoms with Crippen molar-refractivity contribution in [2.45, 2.75) is 31.8 Å². The molecular weight excluding hydrogens is 164 g/mol. The first-order chi connectivity index (χ1) is 6.24. The van der Waals surface area contributed by atoms with E-state index >= 15 is 0 Å². The second-order valence-corrected chi connectivity index (χ2v) is 3.63. The van der Waals surface area contributed by atoms with Crippen molar-refractivity contribution < 1.29 is 0 Å². The largest absolute Gasteiger partial charge is 0.366 e. The fraction of sp³-hybridized carbons (Fsp3) is 0.556. The van der Waals surface area contributed by atoms with Gasteiger partial charge in [-0.05, 0) is 31.9 Å². The van der Waals surface area contributed by atoms with Gasteiger partial charge in [-0.15, -0.1) is 5.10 Å². The molecule has 0 bridgehead atoms. The van der Waals surface area contributed by atoms with E-state index in [2.05, 4.69) is 15.5 Å². The Morgan fingerprint density at radius 3 is 2.69 bits per heavy atom. The van der Waals surface area contributed by atoms with Crippen LogP contribution in [0.4, 0.5) is 5.82 Å². The first-order valence-electron chi connectivity index (χ1n) is 4.56. The molecule has 0 aromatic carbocycles. The molecular formula is C9H14N4. The van der Waals surface area contributed by atoms with Gasteiger partial charge in [-0.2, -0.15) is 5.10 Å². The van der Waals surface area contributed by atoms with Crippen LogP contribution in [0, 0.1) is 6.92 Å². The van der Waals surface area contributed by atoms with E-state index in [0.717, 1.165) is 24.4 Å². The normalized spacial score (nSPS) is 26.6. The summed E-state index contributed by atoms with van der Waals surface area (Å²) in [5.41, 5.74) is 6.61. The third-order valence-electron chi connectivity index (χ3n) is 2.32. The summed E-state index contributed by atoms with van der Waals surface area (Å²) in [5, 5.41) is 11.3. The van der Waals surface area contributed by atoms with E-state index in [-0.39, 0.29) is 0 Å². The molecule has 0 atom stereocenters. The van der Waals surface area contributed by atoms with Crippen LogP contribution in [-0.4, -0.2) is 22.3 Å². The molecule has 1 aliphatic rings. The SMILES string of the molecule is Cc1ccc(NC2CC(N)C2)nn1. The first-order valence-corrected chi connectivity index (χ1v) is 4.56. The van der Waals surface area contributed by atoms with Crippen molar-refractivity contribution in [3.05, 3.63) is 17.8 Å². The monoisotopic (exact) mass is 178 g/mol. The van der Waals surface area contributed by atoms with E-state index in [9.17, 15) is 0 Å². The number of hydrogen-bond acceptors (Lipinski definition) is 4. The van der Waals surface area contributed by atoms with Gasteiger partial charge in [0.05, 0.1) is 5.69 Å². The molecule has 0 amide bonds. The quantitative estimate of drug-likeness (QED) is 0.699. The molecule has 0 saturated heterocycles. The zero-order valence-corrected chi connectivity index (χ0v) is 7.70. The van der Waals surface area contributed by atoms with E-state index in [1.165, 1.54) is 0 Å². The van der Waals surface area contributed by atoms with Crippen LogP contribution in [0.3, 0.4) is 0 Å². The molecule has 1 aromatic heterocycles. The number of nitrogens with one attached hydrogen (secondary N) is 1. The topological polar surface area (TPSA) is 63.8 Å². The van der Waals surface area contributed by atoms with Crippen molar-refractivity contribution in [2.75, 3.05) is 5.32 Å². The average molecular weight is 178 g/mol. The number of nitrogens with two attached hydrogens (primary N) is 1. The highest BCUT2D eigenvalue weighted by Crippen LogP contribution is 2.21. The van der Waals surface area contributed by atoms with Gasteiger partial charge in [-0.3, -0.25) is 0 Å². The number of nitrogens with zero attached hydrogens (tertiary/aromatic N) is 2. The van der Waals surface area contributed by atoms with Gasteiger partial charge in [-0.1, -0.05) is 0 Å². The number of anilines is 1. The zero-order valence-electron chi connectivity index (χ0n) is 7.70. The van der Waals surface area contributed by atoms with Crippen LogP contribution in [0.2, 0.25) is 0 Å². The third-order valence-corrected chi connectivity index (χ3v) is 2.32. The van der Waals surface area contributed by atoms with Crippen LogP contribution >= 0.6 is 0 Å². The van der Waals surface area contributed by atoms with Crippen molar-refractivity contribution >= 4 is 5.82 Å². The lowest BCUT2D eigenvalue weighted by molar-refractivity contribution is 0.372. The lowest BCUT2D eigenvalue weighted by Gasteiger charge is -2.33. The van der Waals surface area contributed by atoms with Crippen molar-refractivity contribution in [3.63, 3.8) is 0 Å². The van der Waals surface area contributed by atoms with Gasteiger partial charge in [0.1, 0.15) is 5.82 Å². The summed E-state index contributed by atoms with van der Waals surface area (Å²) in [6.07, 6.45) is 2.07. The molecule has 4 nitrogen and oxygen atoms in total. The standard InChI is InChI=1S/C9H14N4/c1-6-2-3-9(13-12-6)11-8-4-7(10)5-8/h2-3,7-8H,4-5,10H2,1H3,(H,11,13). The predicted octanol–water partition coefficient (Wildman–Crippen LogP) is 0.687. The molecule has 1 saturated carbocycles. The molecule has 4 heteroatoms. The van der Waals surface area contributed by atoms with E-state index in [1.807, 2.05) is 19.1 Å². The Kier molecular flexibility index (Phi) is 2.14. The van der Waals surface area contributed by atoms with E-state index in [4.69, 9.17) is 5.73 Å². The summed E-state index contributed by atoms with van der Waals surface area (Å²) in [6, 6.07) is 4.77. The summed E-state index contributed by atoms with van der Waals surface area (Å²) < 4.78 is 0. The highest BCUT2D eigenvalue weighted by atomic mass is 15.2. The molecule has 1 fully saturated rings. The van der Waals surface area contributed by atoms with Gasteiger partial charge in [-0.25, -0.2) is 0 Å². The fourth-order valence-electron chi connectivity index (χ4n) is 1.46. The third kappa shape index (κ3) is 1.95. The Bertz CT molecular complexity index is 276. The van der Waals surface area contributed by atoms with Crippen LogP contribution < -0.4 is 11.1 Å². The Hall–Kier alpha value is -1.16. The first kappa shape index (κ1) is 8.44. The predicted molar refractivity (Wildman–Crippen MR) is 51.4 cm³/mol. The van der Waals surface area contributed by atoms with Crippen molar-refractivity contribution in [1.82, 2.24) is 10.2 Å². The van der Waals surface area contributed by atoms with Crippen molar-refractivity contribution in [1.29, 1.82) is 0 Å². The highest BCUT2D eigenvalue weighted by Gasteiger charge is 2.25. The van der Waals surface area contributed by atoms with Crippen molar-refractivity contribution in [3.8, 4) is 0 Å². The van der Waals surface area contributed by atoms with Crippen LogP contribution in [-0.2, 0) is 0 Å². The number of hydrogen-bond donors (Lipinski definition) is 2. The number of rotatable bonds is 2. The van der Waals surface area contributed by atoms with Crippen molar-refractivity contribution in [2.24, 2.45) is 5.73 Å². The van der Waals surface area contributed by atoms with E-state index < -0.39 is 0 Å².